The number of aliphatic hydroxyl groups excluding tert-OH is 2. The molecule has 10 heavy (non-hydrogen) atoms. The number of hydrogen-bond donors (Lipinski definition) is 2. The lowest BCUT2D eigenvalue weighted by atomic mass is 10.3. The lowest BCUT2D eigenvalue weighted by Crippen LogP contribution is -2.16. The molecule has 1 aliphatic carbocycles. The molecule has 60 valence electrons. The van der Waals surface area contributed by atoms with Gasteiger partial charge in [-0.2, -0.15) is 11.8 Å². The molecule has 1 saturated carbocycles. The summed E-state index contributed by atoms with van der Waals surface area (Å²) in [4.78, 5) is 0. The fraction of sp³-hybridized carbons (Fsp3) is 1.00. The highest BCUT2D eigenvalue weighted by Crippen LogP contribution is 2.29. The summed E-state index contributed by atoms with van der Waals surface area (Å²) in [7, 11) is 0. The van der Waals surface area contributed by atoms with E-state index in [1.54, 1.807) is 11.8 Å². The maximum absolute atomic E-state index is 9.31. The Morgan fingerprint density at radius 2 is 2.20 bits per heavy atom. The molecule has 1 fully saturated rings. The second-order valence-electron chi connectivity index (χ2n) is 2.63. The van der Waals surface area contributed by atoms with E-state index in [0.717, 1.165) is 25.0 Å². The van der Waals surface area contributed by atoms with Gasteiger partial charge in [0.2, 0.25) is 0 Å². The van der Waals surface area contributed by atoms with Crippen molar-refractivity contribution in [1.82, 2.24) is 0 Å². The Balaban J connectivity index is 2.14. The van der Waals surface area contributed by atoms with Crippen LogP contribution in [-0.2, 0) is 0 Å². The number of hydrogen-bond acceptors (Lipinski definition) is 3. The third-order valence-corrected chi connectivity index (χ3v) is 3.24. The highest BCUT2D eigenvalue weighted by molar-refractivity contribution is 7.99. The van der Waals surface area contributed by atoms with E-state index >= 15 is 0 Å². The van der Waals surface area contributed by atoms with Crippen molar-refractivity contribution >= 4 is 11.8 Å². The largest absolute Gasteiger partial charge is 0.396 e. The predicted octanol–water partition coefficient (Wildman–Crippen LogP) is 0.625. The first-order valence-electron chi connectivity index (χ1n) is 3.75. The van der Waals surface area contributed by atoms with E-state index in [1.165, 1.54) is 0 Å². The van der Waals surface area contributed by atoms with E-state index in [4.69, 9.17) is 5.11 Å². The van der Waals surface area contributed by atoms with Gasteiger partial charge >= 0.3 is 0 Å². The molecule has 1 aliphatic rings. The summed E-state index contributed by atoms with van der Waals surface area (Å²) in [6.07, 6.45) is 3.09. The van der Waals surface area contributed by atoms with Crippen LogP contribution < -0.4 is 0 Å². The van der Waals surface area contributed by atoms with Crippen LogP contribution in [0.5, 0.6) is 0 Å². The molecule has 2 N–H and O–H groups in total. The first-order chi connectivity index (χ1) is 4.84. The van der Waals surface area contributed by atoms with Crippen LogP contribution >= 0.6 is 11.8 Å². The van der Waals surface area contributed by atoms with E-state index in [9.17, 15) is 5.11 Å². The van der Waals surface area contributed by atoms with Crippen molar-refractivity contribution in [3.05, 3.63) is 0 Å². The topological polar surface area (TPSA) is 40.5 Å². The molecule has 0 saturated heterocycles. The summed E-state index contributed by atoms with van der Waals surface area (Å²) in [5.41, 5.74) is 0. The van der Waals surface area contributed by atoms with E-state index in [1.807, 2.05) is 0 Å². The van der Waals surface area contributed by atoms with Crippen LogP contribution in [0.15, 0.2) is 0 Å². The normalized spacial score (nSPS) is 33.0. The van der Waals surface area contributed by atoms with Crippen LogP contribution in [-0.4, -0.2) is 33.9 Å². The van der Waals surface area contributed by atoms with E-state index in [2.05, 4.69) is 0 Å². The van der Waals surface area contributed by atoms with Crippen molar-refractivity contribution < 1.29 is 10.2 Å². The maximum Gasteiger partial charge on any atom is 0.0658 e. The zero-order chi connectivity index (χ0) is 7.40. The molecule has 0 amide bonds. The van der Waals surface area contributed by atoms with Crippen LogP contribution in [0.3, 0.4) is 0 Å². The molecule has 0 heterocycles. The molecule has 0 aromatic carbocycles. The van der Waals surface area contributed by atoms with Gasteiger partial charge in [-0.1, -0.05) is 0 Å². The lowest BCUT2D eigenvalue weighted by molar-refractivity contribution is 0.188. The van der Waals surface area contributed by atoms with Crippen molar-refractivity contribution in [2.75, 3.05) is 12.4 Å². The molecule has 0 aliphatic heterocycles. The van der Waals surface area contributed by atoms with E-state index < -0.39 is 0 Å². The van der Waals surface area contributed by atoms with Crippen molar-refractivity contribution in [3.63, 3.8) is 0 Å². The van der Waals surface area contributed by atoms with Crippen molar-refractivity contribution in [2.45, 2.75) is 30.6 Å². The van der Waals surface area contributed by atoms with Gasteiger partial charge in [0.1, 0.15) is 0 Å². The van der Waals surface area contributed by atoms with Crippen molar-refractivity contribution in [3.8, 4) is 0 Å². The third kappa shape index (κ3) is 2.15. The Labute approximate surface area is 65.6 Å². The number of aliphatic hydroxyl groups is 2. The van der Waals surface area contributed by atoms with Gasteiger partial charge in [-0.3, -0.25) is 0 Å². The second kappa shape index (κ2) is 4.21. The van der Waals surface area contributed by atoms with Crippen molar-refractivity contribution in [1.29, 1.82) is 0 Å². The molecule has 1 rings (SSSR count). The lowest BCUT2D eigenvalue weighted by Gasteiger charge is -2.11. The minimum absolute atomic E-state index is 0.114. The molecule has 2 atom stereocenters. The zero-order valence-electron chi connectivity index (χ0n) is 5.99. The smallest absolute Gasteiger partial charge is 0.0658 e. The maximum atomic E-state index is 9.31. The van der Waals surface area contributed by atoms with Crippen LogP contribution in [0.1, 0.15) is 19.3 Å². The standard InChI is InChI=1S/C7H14O2S/c8-4-5-10-7-3-1-2-6(7)9/h6-9H,1-5H2/t6-,7-/m0/s1. The average molecular weight is 162 g/mol. The fourth-order valence-corrected chi connectivity index (χ4v) is 2.40. The fourth-order valence-electron chi connectivity index (χ4n) is 1.30. The first-order valence-corrected chi connectivity index (χ1v) is 4.80. The molecule has 0 radical (unpaired) electrons. The van der Waals surface area contributed by atoms with E-state index in [0.29, 0.717) is 5.25 Å². The van der Waals surface area contributed by atoms with E-state index in [-0.39, 0.29) is 12.7 Å². The SMILES string of the molecule is OCCS[C@H]1CCC[C@@H]1O. The minimum Gasteiger partial charge on any atom is -0.396 e. The molecular weight excluding hydrogens is 148 g/mol. The zero-order valence-corrected chi connectivity index (χ0v) is 6.81. The molecule has 0 spiro atoms. The van der Waals surface area contributed by atoms with Crippen LogP contribution in [0, 0.1) is 0 Å². The van der Waals surface area contributed by atoms with Crippen LogP contribution in [0.2, 0.25) is 0 Å². The molecule has 0 bridgehead atoms. The van der Waals surface area contributed by atoms with Gasteiger partial charge in [-0.25, -0.2) is 0 Å². The monoisotopic (exact) mass is 162 g/mol. The molecule has 2 nitrogen and oxygen atoms in total. The summed E-state index contributed by atoms with van der Waals surface area (Å²) in [6.45, 7) is 0.230. The van der Waals surface area contributed by atoms with Gasteiger partial charge in [-0.05, 0) is 19.3 Å². The van der Waals surface area contributed by atoms with Gasteiger partial charge < -0.3 is 10.2 Å². The summed E-state index contributed by atoms with van der Waals surface area (Å²) >= 11 is 1.69. The number of thioether (sulfide) groups is 1. The van der Waals surface area contributed by atoms with Crippen LogP contribution in [0.4, 0.5) is 0 Å². The Morgan fingerprint density at radius 1 is 1.40 bits per heavy atom. The first kappa shape index (κ1) is 8.37. The summed E-state index contributed by atoms with van der Waals surface area (Å²) in [5.74, 6) is 0.766. The Kier molecular flexibility index (Phi) is 3.52. The predicted molar refractivity (Wildman–Crippen MR) is 43.2 cm³/mol. The number of rotatable bonds is 3. The van der Waals surface area contributed by atoms with Crippen molar-refractivity contribution in [2.24, 2.45) is 0 Å². The van der Waals surface area contributed by atoms with Gasteiger partial charge in [0.05, 0.1) is 12.7 Å². The van der Waals surface area contributed by atoms with Gasteiger partial charge in [0.25, 0.3) is 0 Å². The van der Waals surface area contributed by atoms with Gasteiger partial charge in [-0.15, -0.1) is 0 Å². The summed E-state index contributed by atoms with van der Waals surface area (Å²) in [6, 6.07) is 0. The summed E-state index contributed by atoms with van der Waals surface area (Å²) < 4.78 is 0. The van der Waals surface area contributed by atoms with Gasteiger partial charge in [0.15, 0.2) is 0 Å². The highest BCUT2D eigenvalue weighted by Gasteiger charge is 2.24. The quantitative estimate of drug-likeness (QED) is 0.639. The molecule has 0 aromatic rings. The van der Waals surface area contributed by atoms with Gasteiger partial charge in [0, 0.05) is 11.0 Å². The summed E-state index contributed by atoms with van der Waals surface area (Å²) in [5, 5.41) is 18.2. The molecule has 3 heteroatoms. The molecule has 0 unspecified atom stereocenters. The van der Waals surface area contributed by atoms with Crippen LogP contribution in [0.25, 0.3) is 0 Å². The third-order valence-electron chi connectivity index (χ3n) is 1.84. The Bertz CT molecular complexity index is 97.6. The molecule has 0 aromatic heterocycles. The second-order valence-corrected chi connectivity index (χ2v) is 3.98. The minimum atomic E-state index is -0.114. The highest BCUT2D eigenvalue weighted by atomic mass is 32.2. The Morgan fingerprint density at radius 3 is 2.70 bits per heavy atom. The Hall–Kier alpha value is 0.270. The average Bonchev–Trinajstić information content (AvgIpc) is 2.31. The molecular formula is C7H14O2S.